The third kappa shape index (κ3) is 4.22. The van der Waals surface area contributed by atoms with Gasteiger partial charge in [-0.15, -0.1) is 11.3 Å². The number of aryl methyl sites for hydroxylation is 3. The molecule has 0 atom stereocenters. The third-order valence-electron chi connectivity index (χ3n) is 4.13. The van der Waals surface area contributed by atoms with E-state index in [1.807, 2.05) is 18.2 Å². The van der Waals surface area contributed by atoms with E-state index in [0.717, 1.165) is 28.6 Å². The number of thiazole rings is 1. The van der Waals surface area contributed by atoms with Crippen LogP contribution in [0.1, 0.15) is 39.7 Å². The predicted octanol–water partition coefficient (Wildman–Crippen LogP) is 6.39. The van der Waals surface area contributed by atoms with Crippen LogP contribution in [0.5, 0.6) is 0 Å². The van der Waals surface area contributed by atoms with Crippen LogP contribution in [0.2, 0.25) is 0 Å². The summed E-state index contributed by atoms with van der Waals surface area (Å²) >= 11 is 4.97. The third-order valence-corrected chi connectivity index (χ3v) is 5.65. The van der Waals surface area contributed by atoms with E-state index in [9.17, 15) is 4.79 Å². The summed E-state index contributed by atoms with van der Waals surface area (Å²) in [5, 5.41) is 3.60. The summed E-state index contributed by atoms with van der Waals surface area (Å²) in [5.74, 6) is -0.143. The Morgan fingerprint density at radius 1 is 1.19 bits per heavy atom. The first-order valence-electron chi connectivity index (χ1n) is 8.62. The summed E-state index contributed by atoms with van der Waals surface area (Å²) in [4.78, 5) is 18.5. The number of nitrogens with one attached hydrogen (secondary N) is 1. The fourth-order valence-electron chi connectivity index (χ4n) is 2.80. The summed E-state index contributed by atoms with van der Waals surface area (Å²) in [7, 11) is 0. The number of carbonyl (C=O) groups is 1. The van der Waals surface area contributed by atoms with Gasteiger partial charge in [-0.1, -0.05) is 53.0 Å². The van der Waals surface area contributed by atoms with Gasteiger partial charge in [0.05, 0.1) is 5.69 Å². The van der Waals surface area contributed by atoms with Crippen molar-refractivity contribution in [3.05, 3.63) is 68.5 Å². The van der Waals surface area contributed by atoms with Crippen molar-refractivity contribution in [3.8, 4) is 11.3 Å². The fraction of sp³-hybridized carbons (Fsp3) is 0.238. The van der Waals surface area contributed by atoms with Gasteiger partial charge in [0.1, 0.15) is 0 Å². The highest BCUT2D eigenvalue weighted by Gasteiger charge is 2.16. The highest BCUT2D eigenvalue weighted by Crippen LogP contribution is 2.34. The number of halogens is 1. The maximum Gasteiger partial charge on any atom is 0.257 e. The van der Waals surface area contributed by atoms with Gasteiger partial charge < -0.3 is 0 Å². The van der Waals surface area contributed by atoms with Crippen molar-refractivity contribution >= 4 is 38.3 Å². The van der Waals surface area contributed by atoms with Crippen molar-refractivity contribution in [2.75, 3.05) is 5.32 Å². The number of carbonyl (C=O) groups excluding carboxylic acids is 1. The minimum Gasteiger partial charge on any atom is -0.298 e. The SMILES string of the molecule is CCCc1sc(NC(=O)c2cccc(Br)c2)nc1-c1cc(C)ccc1C. The van der Waals surface area contributed by atoms with E-state index in [0.29, 0.717) is 10.7 Å². The van der Waals surface area contributed by atoms with Gasteiger partial charge in [0.15, 0.2) is 5.13 Å². The molecule has 3 nitrogen and oxygen atoms in total. The number of amides is 1. The second-order valence-electron chi connectivity index (χ2n) is 6.32. The van der Waals surface area contributed by atoms with Gasteiger partial charge in [0.2, 0.25) is 0 Å². The van der Waals surface area contributed by atoms with E-state index in [1.165, 1.54) is 16.0 Å². The van der Waals surface area contributed by atoms with Crippen molar-refractivity contribution < 1.29 is 4.79 Å². The molecular weight excluding hydrogens is 408 g/mol. The molecule has 0 saturated carbocycles. The van der Waals surface area contributed by atoms with Gasteiger partial charge in [-0.05, 0) is 50.1 Å². The molecule has 0 radical (unpaired) electrons. The van der Waals surface area contributed by atoms with E-state index < -0.39 is 0 Å². The molecule has 1 N–H and O–H groups in total. The fourth-order valence-corrected chi connectivity index (χ4v) is 4.27. The van der Waals surface area contributed by atoms with Crippen molar-refractivity contribution in [3.63, 3.8) is 0 Å². The number of hydrogen-bond acceptors (Lipinski definition) is 3. The van der Waals surface area contributed by atoms with Crippen molar-refractivity contribution in [2.45, 2.75) is 33.6 Å². The molecule has 0 bridgehead atoms. The Morgan fingerprint density at radius 3 is 2.73 bits per heavy atom. The molecule has 0 spiro atoms. The lowest BCUT2D eigenvalue weighted by Gasteiger charge is -2.06. The molecule has 0 fully saturated rings. The van der Waals surface area contributed by atoms with Crippen LogP contribution < -0.4 is 5.32 Å². The first-order chi connectivity index (χ1) is 12.5. The average molecular weight is 429 g/mol. The molecule has 1 heterocycles. The van der Waals surface area contributed by atoms with Crippen LogP contribution >= 0.6 is 27.3 Å². The van der Waals surface area contributed by atoms with Crippen molar-refractivity contribution in [1.82, 2.24) is 4.98 Å². The molecule has 1 amide bonds. The molecule has 0 aliphatic carbocycles. The molecule has 0 unspecified atom stereocenters. The Labute approximate surface area is 166 Å². The standard InChI is InChI=1S/C21H21BrN2OS/c1-4-6-18-19(17-11-13(2)9-10-14(17)3)23-21(26-18)24-20(25)15-7-5-8-16(22)12-15/h5,7-12H,4,6H2,1-3H3,(H,23,24,25). The molecule has 26 heavy (non-hydrogen) atoms. The van der Waals surface area contributed by atoms with Crippen LogP contribution in [-0.2, 0) is 6.42 Å². The number of nitrogens with zero attached hydrogens (tertiary/aromatic N) is 1. The summed E-state index contributed by atoms with van der Waals surface area (Å²) < 4.78 is 0.882. The minimum absolute atomic E-state index is 0.143. The van der Waals surface area contributed by atoms with Gasteiger partial charge in [-0.3, -0.25) is 10.1 Å². The van der Waals surface area contributed by atoms with Crippen molar-refractivity contribution in [2.24, 2.45) is 0 Å². The first kappa shape index (κ1) is 18.8. The number of aromatic nitrogens is 1. The van der Waals surface area contributed by atoms with Gasteiger partial charge in [-0.25, -0.2) is 4.98 Å². The molecular formula is C21H21BrN2OS. The maximum atomic E-state index is 12.5. The van der Waals surface area contributed by atoms with E-state index in [1.54, 1.807) is 17.4 Å². The van der Waals surface area contributed by atoms with E-state index in [4.69, 9.17) is 4.98 Å². The zero-order valence-corrected chi connectivity index (χ0v) is 17.5. The van der Waals surface area contributed by atoms with E-state index in [-0.39, 0.29) is 5.91 Å². The molecule has 0 aliphatic rings. The Kier molecular flexibility index (Phi) is 5.89. The second kappa shape index (κ2) is 8.14. The van der Waals surface area contributed by atoms with Crippen LogP contribution in [-0.4, -0.2) is 10.9 Å². The lowest BCUT2D eigenvalue weighted by molar-refractivity contribution is 0.102. The quantitative estimate of drug-likeness (QED) is 0.510. The molecule has 2 aromatic carbocycles. The van der Waals surface area contributed by atoms with Gasteiger partial charge in [-0.2, -0.15) is 0 Å². The lowest BCUT2D eigenvalue weighted by Crippen LogP contribution is -2.11. The Balaban J connectivity index is 1.94. The molecule has 3 aromatic rings. The van der Waals surface area contributed by atoms with Gasteiger partial charge >= 0.3 is 0 Å². The van der Waals surface area contributed by atoms with Gasteiger partial charge in [0, 0.05) is 20.5 Å². The smallest absolute Gasteiger partial charge is 0.257 e. The van der Waals surface area contributed by atoms with Crippen LogP contribution in [0.25, 0.3) is 11.3 Å². The summed E-state index contributed by atoms with van der Waals surface area (Å²) in [6.45, 7) is 6.35. The molecule has 0 saturated heterocycles. The van der Waals surface area contributed by atoms with Crippen LogP contribution in [0.3, 0.4) is 0 Å². The number of hydrogen-bond donors (Lipinski definition) is 1. The molecule has 134 valence electrons. The maximum absolute atomic E-state index is 12.5. The van der Waals surface area contributed by atoms with Crippen molar-refractivity contribution in [1.29, 1.82) is 0 Å². The highest BCUT2D eigenvalue weighted by atomic mass is 79.9. The summed E-state index contributed by atoms with van der Waals surface area (Å²) in [6, 6.07) is 13.8. The lowest BCUT2D eigenvalue weighted by atomic mass is 10.0. The van der Waals surface area contributed by atoms with Crippen LogP contribution in [0.15, 0.2) is 46.9 Å². The van der Waals surface area contributed by atoms with Crippen LogP contribution in [0.4, 0.5) is 5.13 Å². The number of anilines is 1. The molecule has 1 aromatic heterocycles. The second-order valence-corrected chi connectivity index (χ2v) is 8.32. The summed E-state index contributed by atoms with van der Waals surface area (Å²) in [6.07, 6.45) is 1.99. The monoisotopic (exact) mass is 428 g/mol. The Morgan fingerprint density at radius 2 is 2.00 bits per heavy atom. The number of benzene rings is 2. The predicted molar refractivity (Wildman–Crippen MR) is 113 cm³/mol. The molecule has 0 aliphatic heterocycles. The zero-order valence-electron chi connectivity index (χ0n) is 15.1. The first-order valence-corrected chi connectivity index (χ1v) is 10.2. The Hall–Kier alpha value is -1.98. The van der Waals surface area contributed by atoms with Crippen LogP contribution in [0, 0.1) is 13.8 Å². The van der Waals surface area contributed by atoms with E-state index in [2.05, 4.69) is 60.2 Å². The highest BCUT2D eigenvalue weighted by molar-refractivity contribution is 9.10. The zero-order chi connectivity index (χ0) is 18.7. The summed E-state index contributed by atoms with van der Waals surface area (Å²) in [5.41, 5.74) is 5.15. The topological polar surface area (TPSA) is 42.0 Å². The molecule has 3 rings (SSSR count). The average Bonchev–Trinajstić information content (AvgIpc) is 2.99. The van der Waals surface area contributed by atoms with Gasteiger partial charge in [0.25, 0.3) is 5.91 Å². The Bertz CT molecular complexity index is 949. The normalized spacial score (nSPS) is 10.8. The largest absolute Gasteiger partial charge is 0.298 e. The van der Waals surface area contributed by atoms with E-state index >= 15 is 0 Å². The minimum atomic E-state index is -0.143. The molecule has 5 heteroatoms. The number of rotatable bonds is 5.